The molecule has 0 aromatic heterocycles. The molecule has 28 heavy (non-hydrogen) atoms. The highest BCUT2D eigenvalue weighted by Gasteiger charge is 2.30. The Labute approximate surface area is 166 Å². The van der Waals surface area contributed by atoms with Crippen molar-refractivity contribution in [3.8, 4) is 0 Å². The highest BCUT2D eigenvalue weighted by Crippen LogP contribution is 2.18. The summed E-state index contributed by atoms with van der Waals surface area (Å²) in [5, 5.41) is 2.55. The van der Waals surface area contributed by atoms with Crippen molar-refractivity contribution in [1.29, 1.82) is 0 Å². The van der Waals surface area contributed by atoms with Crippen molar-refractivity contribution < 1.29 is 22.7 Å². The van der Waals surface area contributed by atoms with Crippen LogP contribution in [0.4, 0.5) is 4.79 Å². The SMILES string of the molecule is Cc1ccc(S(=O)(=O)N2CCN(C(=O)CCNC(=O)OC(C)(C)C)CC2)cc1. The van der Waals surface area contributed by atoms with Gasteiger partial charge < -0.3 is 15.0 Å². The molecular weight excluding hydrogens is 382 g/mol. The van der Waals surface area contributed by atoms with E-state index < -0.39 is 21.7 Å². The first-order valence-electron chi connectivity index (χ1n) is 9.30. The Kier molecular flexibility index (Phi) is 7.06. The van der Waals surface area contributed by atoms with Crippen LogP contribution in [0.1, 0.15) is 32.8 Å². The van der Waals surface area contributed by atoms with E-state index in [1.165, 1.54) is 4.31 Å². The number of hydrogen-bond acceptors (Lipinski definition) is 5. The van der Waals surface area contributed by atoms with E-state index >= 15 is 0 Å². The average Bonchev–Trinajstić information content (AvgIpc) is 2.60. The van der Waals surface area contributed by atoms with Crippen molar-refractivity contribution in [3.63, 3.8) is 0 Å². The maximum absolute atomic E-state index is 12.7. The van der Waals surface area contributed by atoms with E-state index in [9.17, 15) is 18.0 Å². The predicted molar refractivity (Wildman–Crippen MR) is 105 cm³/mol. The number of ether oxygens (including phenoxy) is 1. The van der Waals surface area contributed by atoms with Crippen LogP contribution in [0.5, 0.6) is 0 Å². The number of aryl methyl sites for hydroxylation is 1. The summed E-state index contributed by atoms with van der Waals surface area (Å²) in [6.45, 7) is 8.54. The molecule has 0 aliphatic carbocycles. The second-order valence-electron chi connectivity index (χ2n) is 7.78. The van der Waals surface area contributed by atoms with Gasteiger partial charge in [0.1, 0.15) is 5.60 Å². The lowest BCUT2D eigenvalue weighted by Gasteiger charge is -2.34. The molecule has 8 nitrogen and oxygen atoms in total. The van der Waals surface area contributed by atoms with Crippen LogP contribution in [-0.4, -0.2) is 67.9 Å². The number of carbonyl (C=O) groups excluding carboxylic acids is 2. The number of piperazine rings is 1. The third-order valence-corrected chi connectivity index (χ3v) is 6.17. The van der Waals surface area contributed by atoms with E-state index in [-0.39, 0.29) is 36.9 Å². The quantitative estimate of drug-likeness (QED) is 0.796. The van der Waals surface area contributed by atoms with E-state index in [0.29, 0.717) is 13.1 Å². The fourth-order valence-electron chi connectivity index (χ4n) is 2.78. The van der Waals surface area contributed by atoms with Gasteiger partial charge in [-0.25, -0.2) is 13.2 Å². The number of carbonyl (C=O) groups is 2. The molecule has 1 heterocycles. The number of sulfonamides is 1. The number of nitrogens with one attached hydrogen (secondary N) is 1. The summed E-state index contributed by atoms with van der Waals surface area (Å²) in [7, 11) is -3.55. The number of benzene rings is 1. The molecule has 0 spiro atoms. The van der Waals surface area contributed by atoms with Gasteiger partial charge >= 0.3 is 6.09 Å². The highest BCUT2D eigenvalue weighted by atomic mass is 32.2. The molecule has 1 aliphatic heterocycles. The number of nitrogens with zero attached hydrogens (tertiary/aromatic N) is 2. The van der Waals surface area contributed by atoms with Crippen LogP contribution in [0.2, 0.25) is 0 Å². The predicted octanol–water partition coefficient (Wildman–Crippen LogP) is 1.74. The standard InChI is InChI=1S/C19H29N3O5S/c1-15-5-7-16(8-6-15)28(25,26)22-13-11-21(12-14-22)17(23)9-10-20-18(24)27-19(2,3)4/h5-8H,9-14H2,1-4H3,(H,20,24). The highest BCUT2D eigenvalue weighted by molar-refractivity contribution is 7.89. The Balaban J connectivity index is 1.80. The molecule has 1 fully saturated rings. The zero-order chi connectivity index (χ0) is 20.9. The van der Waals surface area contributed by atoms with Crippen molar-refractivity contribution in [1.82, 2.24) is 14.5 Å². The summed E-state index contributed by atoms with van der Waals surface area (Å²) in [5.74, 6) is -0.122. The second-order valence-corrected chi connectivity index (χ2v) is 9.71. The first-order chi connectivity index (χ1) is 13.0. The Morgan fingerprint density at radius 1 is 1.07 bits per heavy atom. The minimum absolute atomic E-state index is 0.122. The molecule has 0 atom stereocenters. The Hall–Kier alpha value is -2.13. The third-order valence-electron chi connectivity index (χ3n) is 4.26. The molecule has 2 amide bonds. The van der Waals surface area contributed by atoms with Crippen LogP contribution in [0.3, 0.4) is 0 Å². The molecule has 1 aliphatic rings. The largest absolute Gasteiger partial charge is 0.444 e. The Morgan fingerprint density at radius 2 is 1.64 bits per heavy atom. The summed E-state index contributed by atoms with van der Waals surface area (Å²) in [4.78, 5) is 25.8. The summed E-state index contributed by atoms with van der Waals surface area (Å²) in [5.41, 5.74) is 0.405. The van der Waals surface area contributed by atoms with Gasteiger partial charge in [-0.1, -0.05) is 17.7 Å². The lowest BCUT2D eigenvalue weighted by molar-refractivity contribution is -0.132. The molecule has 1 N–H and O–H groups in total. The van der Waals surface area contributed by atoms with Crippen LogP contribution in [0.15, 0.2) is 29.2 Å². The second kappa shape index (κ2) is 8.91. The van der Waals surface area contributed by atoms with E-state index in [1.54, 1.807) is 49.9 Å². The Morgan fingerprint density at radius 3 is 2.18 bits per heavy atom. The normalized spacial score (nSPS) is 15.9. The lowest BCUT2D eigenvalue weighted by Crippen LogP contribution is -2.50. The third kappa shape index (κ3) is 6.20. The maximum Gasteiger partial charge on any atom is 0.407 e. The first kappa shape index (κ1) is 22.2. The van der Waals surface area contributed by atoms with Gasteiger partial charge in [0.15, 0.2) is 0 Å². The van der Waals surface area contributed by atoms with Gasteiger partial charge in [0, 0.05) is 39.1 Å². The van der Waals surface area contributed by atoms with E-state index in [0.717, 1.165) is 5.56 Å². The summed E-state index contributed by atoms with van der Waals surface area (Å²) in [6.07, 6.45) is -0.418. The van der Waals surface area contributed by atoms with E-state index in [2.05, 4.69) is 5.32 Å². The van der Waals surface area contributed by atoms with Crippen LogP contribution in [0, 0.1) is 6.92 Å². The van der Waals surface area contributed by atoms with Gasteiger partial charge in [0.2, 0.25) is 15.9 Å². The van der Waals surface area contributed by atoms with Gasteiger partial charge in [0.05, 0.1) is 4.90 Å². The number of amides is 2. The molecule has 0 radical (unpaired) electrons. The minimum Gasteiger partial charge on any atom is -0.444 e. The van der Waals surface area contributed by atoms with Crippen LogP contribution >= 0.6 is 0 Å². The first-order valence-corrected chi connectivity index (χ1v) is 10.7. The number of rotatable bonds is 5. The van der Waals surface area contributed by atoms with Gasteiger partial charge in [-0.05, 0) is 39.8 Å². The molecule has 9 heteroatoms. The van der Waals surface area contributed by atoms with Gasteiger partial charge in [-0.3, -0.25) is 4.79 Å². The van der Waals surface area contributed by atoms with Gasteiger partial charge in [-0.2, -0.15) is 4.31 Å². The zero-order valence-electron chi connectivity index (χ0n) is 16.9. The number of hydrogen-bond donors (Lipinski definition) is 1. The number of alkyl carbamates (subject to hydrolysis) is 1. The minimum atomic E-state index is -3.55. The van der Waals surface area contributed by atoms with E-state index in [4.69, 9.17) is 4.74 Å². The average molecular weight is 412 g/mol. The summed E-state index contributed by atoms with van der Waals surface area (Å²) in [6, 6.07) is 6.74. The van der Waals surface area contributed by atoms with Crippen LogP contribution in [-0.2, 0) is 19.6 Å². The molecule has 156 valence electrons. The lowest BCUT2D eigenvalue weighted by atomic mass is 10.2. The van der Waals surface area contributed by atoms with Crippen molar-refractivity contribution in [2.24, 2.45) is 0 Å². The van der Waals surface area contributed by atoms with Crippen molar-refractivity contribution in [3.05, 3.63) is 29.8 Å². The molecular formula is C19H29N3O5S. The van der Waals surface area contributed by atoms with Crippen molar-refractivity contribution in [2.45, 2.75) is 44.6 Å². The van der Waals surface area contributed by atoms with Gasteiger partial charge in [-0.15, -0.1) is 0 Å². The fraction of sp³-hybridized carbons (Fsp3) is 0.579. The molecule has 1 saturated heterocycles. The smallest absolute Gasteiger partial charge is 0.407 e. The maximum atomic E-state index is 12.7. The van der Waals surface area contributed by atoms with Crippen molar-refractivity contribution >= 4 is 22.0 Å². The van der Waals surface area contributed by atoms with Crippen LogP contribution in [0.25, 0.3) is 0 Å². The van der Waals surface area contributed by atoms with Crippen molar-refractivity contribution in [2.75, 3.05) is 32.7 Å². The topological polar surface area (TPSA) is 96.0 Å². The Bertz CT molecular complexity index is 792. The fourth-order valence-corrected chi connectivity index (χ4v) is 4.20. The van der Waals surface area contributed by atoms with Gasteiger partial charge in [0.25, 0.3) is 0 Å². The van der Waals surface area contributed by atoms with E-state index in [1.807, 2.05) is 6.92 Å². The molecule has 0 bridgehead atoms. The van der Waals surface area contributed by atoms with Crippen LogP contribution < -0.4 is 5.32 Å². The molecule has 0 unspecified atom stereocenters. The molecule has 0 saturated carbocycles. The zero-order valence-corrected chi connectivity index (χ0v) is 17.7. The monoisotopic (exact) mass is 411 g/mol. The summed E-state index contributed by atoms with van der Waals surface area (Å²) >= 11 is 0. The molecule has 1 aromatic rings. The summed E-state index contributed by atoms with van der Waals surface area (Å²) < 4.78 is 31.9. The molecule has 1 aromatic carbocycles. The molecule has 2 rings (SSSR count).